The lowest BCUT2D eigenvalue weighted by Gasteiger charge is -2.10. The minimum Gasteiger partial charge on any atom is -0.456 e. The average molecular weight is 309 g/mol. The zero-order chi connectivity index (χ0) is 14.4. The molecule has 1 amide bonds. The summed E-state index contributed by atoms with van der Waals surface area (Å²) in [4.78, 5) is 15.8. The fourth-order valence-electron chi connectivity index (χ4n) is 1.56. The van der Waals surface area contributed by atoms with Crippen molar-refractivity contribution < 1.29 is 9.53 Å². The zero-order valence-corrected chi connectivity index (χ0v) is 12.2. The van der Waals surface area contributed by atoms with E-state index in [4.69, 9.17) is 16.3 Å². The third kappa shape index (κ3) is 3.65. The second kappa shape index (κ2) is 7.17. The van der Waals surface area contributed by atoms with Gasteiger partial charge in [0, 0.05) is 24.7 Å². The van der Waals surface area contributed by atoms with Crippen molar-refractivity contribution in [2.75, 3.05) is 12.3 Å². The van der Waals surface area contributed by atoms with Crippen LogP contribution in [0.15, 0.2) is 42.7 Å². The lowest BCUT2D eigenvalue weighted by molar-refractivity contribution is 0.0956. The molecule has 0 radical (unpaired) electrons. The van der Waals surface area contributed by atoms with E-state index in [0.29, 0.717) is 29.4 Å². The van der Waals surface area contributed by atoms with E-state index in [0.717, 1.165) is 0 Å². The largest absolute Gasteiger partial charge is 0.456 e. The Morgan fingerprint density at radius 1 is 1.30 bits per heavy atom. The summed E-state index contributed by atoms with van der Waals surface area (Å²) in [5, 5.41) is 2.99. The Morgan fingerprint density at radius 3 is 2.75 bits per heavy atom. The van der Waals surface area contributed by atoms with Crippen molar-refractivity contribution in [3.63, 3.8) is 0 Å². The van der Waals surface area contributed by atoms with Crippen LogP contribution in [-0.4, -0.2) is 23.2 Å². The summed E-state index contributed by atoms with van der Waals surface area (Å²) in [6.45, 7) is 0.480. The number of thiol groups is 1. The fraction of sp³-hybridized carbons (Fsp3) is 0.143. The first-order valence-corrected chi connectivity index (χ1v) is 6.99. The van der Waals surface area contributed by atoms with Gasteiger partial charge in [0.05, 0.1) is 10.6 Å². The highest BCUT2D eigenvalue weighted by Gasteiger charge is 2.14. The predicted molar refractivity (Wildman–Crippen MR) is 81.9 cm³/mol. The van der Waals surface area contributed by atoms with Gasteiger partial charge in [-0.2, -0.15) is 12.6 Å². The molecule has 1 aromatic carbocycles. The molecule has 4 nitrogen and oxygen atoms in total. The second-order valence-electron chi connectivity index (χ2n) is 3.88. The number of aromatic nitrogens is 1. The normalized spacial score (nSPS) is 10.1. The van der Waals surface area contributed by atoms with E-state index in [1.807, 2.05) is 0 Å². The van der Waals surface area contributed by atoms with Crippen LogP contribution in [0, 0.1) is 0 Å². The number of carbonyl (C=O) groups is 1. The number of ether oxygens (including phenoxy) is 1. The minimum atomic E-state index is -0.246. The molecule has 0 atom stereocenters. The summed E-state index contributed by atoms with van der Waals surface area (Å²) in [6.07, 6.45) is 3.24. The molecule has 104 valence electrons. The van der Waals surface area contributed by atoms with Crippen molar-refractivity contribution in [3.8, 4) is 11.5 Å². The number of amides is 1. The first-order chi connectivity index (χ1) is 9.72. The maximum atomic E-state index is 11.9. The quantitative estimate of drug-likeness (QED) is 0.834. The zero-order valence-electron chi connectivity index (χ0n) is 10.5. The maximum Gasteiger partial charge on any atom is 0.252 e. The molecular formula is C14H13ClN2O2S. The highest BCUT2D eigenvalue weighted by molar-refractivity contribution is 7.80. The van der Waals surface area contributed by atoms with Crippen LogP contribution < -0.4 is 10.1 Å². The molecule has 0 fully saturated rings. The third-order valence-corrected chi connectivity index (χ3v) is 3.10. The lowest BCUT2D eigenvalue weighted by Crippen LogP contribution is -2.25. The van der Waals surface area contributed by atoms with E-state index >= 15 is 0 Å². The highest BCUT2D eigenvalue weighted by atomic mass is 35.5. The van der Waals surface area contributed by atoms with E-state index in [-0.39, 0.29) is 10.9 Å². The Labute approximate surface area is 127 Å². The van der Waals surface area contributed by atoms with Gasteiger partial charge in [0.1, 0.15) is 11.5 Å². The predicted octanol–water partition coefficient (Wildman–Crippen LogP) is 3.19. The molecule has 0 spiro atoms. The molecule has 1 aromatic heterocycles. The van der Waals surface area contributed by atoms with Crippen LogP contribution in [0.1, 0.15) is 10.4 Å². The van der Waals surface area contributed by atoms with Crippen molar-refractivity contribution in [3.05, 3.63) is 53.3 Å². The van der Waals surface area contributed by atoms with E-state index in [1.54, 1.807) is 42.7 Å². The smallest absolute Gasteiger partial charge is 0.252 e. The molecule has 1 N–H and O–H groups in total. The summed E-state index contributed by atoms with van der Waals surface area (Å²) < 4.78 is 5.64. The topological polar surface area (TPSA) is 51.2 Å². The van der Waals surface area contributed by atoms with Gasteiger partial charge < -0.3 is 10.1 Å². The Kier molecular flexibility index (Phi) is 5.26. The SMILES string of the molecule is O=C(NCCS)c1cccc(Oc2ccncc2)c1Cl. The van der Waals surface area contributed by atoms with E-state index in [9.17, 15) is 4.79 Å². The molecule has 2 rings (SSSR count). The molecular weight excluding hydrogens is 296 g/mol. The van der Waals surface area contributed by atoms with Gasteiger partial charge in [0.2, 0.25) is 0 Å². The van der Waals surface area contributed by atoms with E-state index < -0.39 is 0 Å². The number of benzene rings is 1. The average Bonchev–Trinajstić information content (AvgIpc) is 2.48. The third-order valence-electron chi connectivity index (χ3n) is 2.48. The number of nitrogens with one attached hydrogen (secondary N) is 1. The van der Waals surface area contributed by atoms with Crippen molar-refractivity contribution in [2.24, 2.45) is 0 Å². The molecule has 0 bridgehead atoms. The van der Waals surface area contributed by atoms with Crippen LogP contribution in [0.3, 0.4) is 0 Å². The number of rotatable bonds is 5. The van der Waals surface area contributed by atoms with Crippen molar-refractivity contribution in [1.82, 2.24) is 10.3 Å². The monoisotopic (exact) mass is 308 g/mol. The van der Waals surface area contributed by atoms with Crippen LogP contribution in [0.25, 0.3) is 0 Å². The first-order valence-electron chi connectivity index (χ1n) is 5.98. The van der Waals surface area contributed by atoms with Crippen molar-refractivity contribution >= 4 is 30.1 Å². The molecule has 0 aliphatic rings. The number of pyridine rings is 1. The van der Waals surface area contributed by atoms with Gasteiger partial charge in [-0.05, 0) is 24.3 Å². The van der Waals surface area contributed by atoms with Gasteiger partial charge in [-0.3, -0.25) is 9.78 Å². The van der Waals surface area contributed by atoms with Gasteiger partial charge in [0.15, 0.2) is 0 Å². The molecule has 2 aromatic rings. The Hall–Kier alpha value is -1.72. The molecule has 0 saturated carbocycles. The van der Waals surface area contributed by atoms with Crippen LogP contribution >= 0.6 is 24.2 Å². The van der Waals surface area contributed by atoms with Crippen LogP contribution in [-0.2, 0) is 0 Å². The number of halogens is 1. The van der Waals surface area contributed by atoms with Gasteiger partial charge in [-0.15, -0.1) is 0 Å². The summed E-state index contributed by atoms with van der Waals surface area (Å²) in [7, 11) is 0. The number of hydrogen-bond acceptors (Lipinski definition) is 4. The van der Waals surface area contributed by atoms with Crippen molar-refractivity contribution in [1.29, 1.82) is 0 Å². The second-order valence-corrected chi connectivity index (χ2v) is 4.71. The maximum absolute atomic E-state index is 11.9. The molecule has 0 saturated heterocycles. The molecule has 0 aliphatic carbocycles. The summed E-state index contributed by atoms with van der Waals surface area (Å²) in [6, 6.07) is 8.50. The first kappa shape index (κ1) is 14.7. The van der Waals surface area contributed by atoms with Crippen LogP contribution in [0.4, 0.5) is 0 Å². The molecule has 1 heterocycles. The van der Waals surface area contributed by atoms with Gasteiger partial charge in [-0.25, -0.2) is 0 Å². The molecule has 0 unspecified atom stereocenters. The van der Waals surface area contributed by atoms with Crippen LogP contribution in [0.5, 0.6) is 11.5 Å². The van der Waals surface area contributed by atoms with Gasteiger partial charge in [0.25, 0.3) is 5.91 Å². The molecule has 0 aliphatic heterocycles. The van der Waals surface area contributed by atoms with Crippen LogP contribution in [0.2, 0.25) is 5.02 Å². The summed E-state index contributed by atoms with van der Waals surface area (Å²) >= 11 is 10.3. The number of carbonyl (C=O) groups excluding carboxylic acids is 1. The van der Waals surface area contributed by atoms with E-state index in [1.165, 1.54) is 0 Å². The van der Waals surface area contributed by atoms with Gasteiger partial charge in [-0.1, -0.05) is 17.7 Å². The standard InChI is InChI=1S/C14H13ClN2O2S/c15-13-11(14(18)17-8-9-20)2-1-3-12(13)19-10-4-6-16-7-5-10/h1-7,20H,8-9H2,(H,17,18). The highest BCUT2D eigenvalue weighted by Crippen LogP contribution is 2.31. The van der Waals surface area contributed by atoms with Crippen molar-refractivity contribution in [2.45, 2.75) is 0 Å². The number of hydrogen-bond donors (Lipinski definition) is 2. The van der Waals surface area contributed by atoms with Gasteiger partial charge >= 0.3 is 0 Å². The lowest BCUT2D eigenvalue weighted by atomic mass is 10.2. The molecule has 6 heteroatoms. The summed E-state index contributed by atoms with van der Waals surface area (Å²) in [5.74, 6) is 1.35. The Balaban J connectivity index is 2.21. The number of nitrogens with zero attached hydrogens (tertiary/aromatic N) is 1. The Bertz CT molecular complexity index is 593. The molecule has 20 heavy (non-hydrogen) atoms. The summed E-state index contributed by atoms with van der Waals surface area (Å²) in [5.41, 5.74) is 0.375. The van der Waals surface area contributed by atoms with E-state index in [2.05, 4.69) is 22.9 Å². The Morgan fingerprint density at radius 2 is 2.05 bits per heavy atom. The fourth-order valence-corrected chi connectivity index (χ4v) is 1.93. The minimum absolute atomic E-state index is 0.246.